The largest absolute Gasteiger partial charge is 0.476 e. The van der Waals surface area contributed by atoms with Crippen LogP contribution >= 0.6 is 0 Å². The zero-order chi connectivity index (χ0) is 14.4. The van der Waals surface area contributed by atoms with Gasteiger partial charge in [0, 0.05) is 13.1 Å². The fourth-order valence-corrected chi connectivity index (χ4v) is 4.20. The molecule has 1 aromatic heterocycles. The van der Waals surface area contributed by atoms with Gasteiger partial charge < -0.3 is 5.11 Å². The summed E-state index contributed by atoms with van der Waals surface area (Å²) < 4.78 is 26.4. The molecule has 8 heteroatoms. The van der Waals surface area contributed by atoms with Gasteiger partial charge in [-0.2, -0.15) is 9.40 Å². The fraction of sp³-hybridized carbons (Fsp3) is 0.636. The Morgan fingerprint density at radius 3 is 2.58 bits per heavy atom. The Labute approximate surface area is 111 Å². The first-order valence-electron chi connectivity index (χ1n) is 5.93. The number of sulfonamides is 1. The molecule has 106 valence electrons. The number of carboxylic acids is 1. The number of carboxylic acid groups (broad SMARTS) is 1. The van der Waals surface area contributed by atoms with Crippen molar-refractivity contribution >= 4 is 16.0 Å². The van der Waals surface area contributed by atoms with Gasteiger partial charge >= 0.3 is 5.97 Å². The maximum absolute atomic E-state index is 12.5. The van der Waals surface area contributed by atoms with Gasteiger partial charge in [-0.3, -0.25) is 5.10 Å². The molecule has 0 amide bonds. The molecule has 1 fully saturated rings. The Hall–Kier alpha value is -1.41. The molecule has 1 aliphatic rings. The summed E-state index contributed by atoms with van der Waals surface area (Å²) in [6.07, 6.45) is 0.755. The summed E-state index contributed by atoms with van der Waals surface area (Å²) in [7, 11) is -3.81. The van der Waals surface area contributed by atoms with Gasteiger partial charge in [0.05, 0.1) is 5.69 Å². The second kappa shape index (κ2) is 4.31. The first-order valence-corrected chi connectivity index (χ1v) is 7.37. The molecule has 0 spiro atoms. The van der Waals surface area contributed by atoms with Crippen molar-refractivity contribution in [2.24, 2.45) is 5.41 Å². The zero-order valence-electron chi connectivity index (χ0n) is 11.1. The number of aromatic nitrogens is 2. The van der Waals surface area contributed by atoms with E-state index in [0.29, 0.717) is 13.1 Å². The van der Waals surface area contributed by atoms with E-state index in [-0.39, 0.29) is 16.0 Å². The van der Waals surface area contributed by atoms with Crippen molar-refractivity contribution in [2.45, 2.75) is 32.1 Å². The number of nitrogens with zero attached hydrogens (tertiary/aromatic N) is 2. The molecule has 0 bridgehead atoms. The van der Waals surface area contributed by atoms with Gasteiger partial charge in [0.2, 0.25) is 10.0 Å². The molecule has 0 aliphatic carbocycles. The first kappa shape index (κ1) is 14.0. The number of nitrogens with one attached hydrogen (secondary N) is 1. The third kappa shape index (κ3) is 2.37. The topological polar surface area (TPSA) is 103 Å². The van der Waals surface area contributed by atoms with E-state index in [9.17, 15) is 13.2 Å². The minimum Gasteiger partial charge on any atom is -0.476 e. The van der Waals surface area contributed by atoms with E-state index in [2.05, 4.69) is 10.2 Å². The van der Waals surface area contributed by atoms with Crippen LogP contribution in [0, 0.1) is 12.3 Å². The molecule has 0 aromatic carbocycles. The lowest BCUT2D eigenvalue weighted by Crippen LogP contribution is -2.31. The monoisotopic (exact) mass is 287 g/mol. The normalized spacial score (nSPS) is 19.7. The second-order valence-electron chi connectivity index (χ2n) is 5.58. The Morgan fingerprint density at radius 1 is 1.47 bits per heavy atom. The Balaban J connectivity index is 2.47. The molecule has 1 aromatic rings. The maximum Gasteiger partial charge on any atom is 0.357 e. The molecule has 2 N–H and O–H groups in total. The van der Waals surface area contributed by atoms with Gasteiger partial charge in [0.15, 0.2) is 5.69 Å². The van der Waals surface area contributed by atoms with Crippen LogP contribution in [0.5, 0.6) is 0 Å². The van der Waals surface area contributed by atoms with Crippen molar-refractivity contribution in [3.63, 3.8) is 0 Å². The van der Waals surface area contributed by atoms with Crippen molar-refractivity contribution in [1.29, 1.82) is 0 Å². The third-order valence-electron chi connectivity index (χ3n) is 3.33. The number of aryl methyl sites for hydroxylation is 1. The molecule has 0 radical (unpaired) electrons. The number of hydrogen-bond acceptors (Lipinski definition) is 4. The van der Waals surface area contributed by atoms with Crippen LogP contribution in [0.15, 0.2) is 4.90 Å². The van der Waals surface area contributed by atoms with Crippen LogP contribution in [-0.2, 0) is 10.0 Å². The number of hydrogen-bond donors (Lipinski definition) is 2. The van der Waals surface area contributed by atoms with Crippen molar-refractivity contribution in [1.82, 2.24) is 14.5 Å². The molecule has 0 unspecified atom stereocenters. The summed E-state index contributed by atoms with van der Waals surface area (Å²) in [6, 6.07) is 0. The van der Waals surface area contributed by atoms with E-state index in [1.165, 1.54) is 11.2 Å². The van der Waals surface area contributed by atoms with Crippen molar-refractivity contribution in [2.75, 3.05) is 13.1 Å². The van der Waals surface area contributed by atoms with Gasteiger partial charge in [-0.25, -0.2) is 13.2 Å². The second-order valence-corrected chi connectivity index (χ2v) is 7.46. The van der Waals surface area contributed by atoms with E-state index in [0.717, 1.165) is 6.42 Å². The van der Waals surface area contributed by atoms with Gasteiger partial charge in [-0.05, 0) is 18.8 Å². The van der Waals surface area contributed by atoms with Gasteiger partial charge in [0.25, 0.3) is 0 Å². The predicted octanol–water partition coefficient (Wildman–Crippen LogP) is 0.837. The van der Waals surface area contributed by atoms with Crippen molar-refractivity contribution in [3.8, 4) is 0 Å². The van der Waals surface area contributed by atoms with E-state index >= 15 is 0 Å². The molecule has 0 atom stereocenters. The van der Waals surface area contributed by atoms with Crippen molar-refractivity contribution in [3.05, 3.63) is 11.4 Å². The van der Waals surface area contributed by atoms with E-state index in [4.69, 9.17) is 5.11 Å². The van der Waals surface area contributed by atoms with Crippen molar-refractivity contribution < 1.29 is 18.3 Å². The van der Waals surface area contributed by atoms with Gasteiger partial charge in [-0.1, -0.05) is 13.8 Å². The average Bonchev–Trinajstić information content (AvgIpc) is 2.82. The highest BCUT2D eigenvalue weighted by atomic mass is 32.2. The standard InChI is InChI=1S/C11H17N3O4S/c1-7-9(8(10(15)16)13-12-7)19(17,18)14-5-4-11(2,3)6-14/h4-6H2,1-3H3,(H,12,13)(H,15,16). The van der Waals surface area contributed by atoms with Gasteiger partial charge in [0.1, 0.15) is 4.90 Å². The highest BCUT2D eigenvalue weighted by Gasteiger charge is 2.40. The van der Waals surface area contributed by atoms with Crippen LogP contribution in [0.2, 0.25) is 0 Å². The van der Waals surface area contributed by atoms with Crippen LogP contribution in [0.3, 0.4) is 0 Å². The van der Waals surface area contributed by atoms with E-state index in [1.54, 1.807) is 0 Å². The summed E-state index contributed by atoms with van der Waals surface area (Å²) in [5.41, 5.74) is -0.280. The minimum atomic E-state index is -3.81. The summed E-state index contributed by atoms with van der Waals surface area (Å²) in [5.74, 6) is -1.35. The maximum atomic E-state index is 12.5. The molecule has 19 heavy (non-hydrogen) atoms. The molecule has 2 rings (SSSR count). The molecule has 1 aliphatic heterocycles. The Kier molecular flexibility index (Phi) is 3.18. The molecule has 2 heterocycles. The summed E-state index contributed by atoms with van der Waals surface area (Å²) >= 11 is 0. The number of rotatable bonds is 3. The highest BCUT2D eigenvalue weighted by Crippen LogP contribution is 2.34. The smallest absolute Gasteiger partial charge is 0.357 e. The SMILES string of the molecule is Cc1[nH]nc(C(=O)O)c1S(=O)(=O)N1CCC(C)(C)C1. The first-order chi connectivity index (χ1) is 8.65. The van der Waals surface area contributed by atoms with Crippen LogP contribution < -0.4 is 0 Å². The van der Waals surface area contributed by atoms with Crippen LogP contribution in [-0.4, -0.2) is 47.1 Å². The average molecular weight is 287 g/mol. The summed E-state index contributed by atoms with van der Waals surface area (Å²) in [5, 5.41) is 15.0. The van der Waals surface area contributed by atoms with Gasteiger partial charge in [-0.15, -0.1) is 0 Å². The quantitative estimate of drug-likeness (QED) is 0.857. The zero-order valence-corrected chi connectivity index (χ0v) is 11.9. The predicted molar refractivity (Wildman–Crippen MR) is 67.4 cm³/mol. The minimum absolute atomic E-state index is 0.0892. The van der Waals surface area contributed by atoms with Crippen LogP contribution in [0.1, 0.15) is 36.5 Å². The number of H-pyrrole nitrogens is 1. The number of carbonyl (C=O) groups is 1. The van der Waals surface area contributed by atoms with E-state index in [1.807, 2.05) is 13.8 Å². The summed E-state index contributed by atoms with van der Waals surface area (Å²) in [6.45, 7) is 6.28. The lowest BCUT2D eigenvalue weighted by atomic mass is 9.93. The van der Waals surface area contributed by atoms with Crippen LogP contribution in [0.25, 0.3) is 0 Å². The fourth-order valence-electron chi connectivity index (χ4n) is 2.28. The molecule has 1 saturated heterocycles. The van der Waals surface area contributed by atoms with Crippen LogP contribution in [0.4, 0.5) is 0 Å². The molecular formula is C11H17N3O4S. The Bertz CT molecular complexity index is 618. The molecule has 0 saturated carbocycles. The molecule has 7 nitrogen and oxygen atoms in total. The Morgan fingerprint density at radius 2 is 2.11 bits per heavy atom. The lowest BCUT2D eigenvalue weighted by Gasteiger charge is -2.19. The highest BCUT2D eigenvalue weighted by molar-refractivity contribution is 7.89. The third-order valence-corrected chi connectivity index (χ3v) is 5.34. The van der Waals surface area contributed by atoms with E-state index < -0.39 is 21.7 Å². The lowest BCUT2D eigenvalue weighted by molar-refractivity contribution is 0.0686. The number of aromatic carboxylic acids is 1. The molecular weight excluding hydrogens is 270 g/mol. The number of aromatic amines is 1. The summed E-state index contributed by atoms with van der Waals surface area (Å²) in [4.78, 5) is 10.8.